The Kier molecular flexibility index (Phi) is 8.68. The molecular formula is C21H25NO8S. The van der Waals surface area contributed by atoms with Crippen LogP contribution >= 0.6 is 11.3 Å². The summed E-state index contributed by atoms with van der Waals surface area (Å²) < 4.78 is 25.8. The van der Waals surface area contributed by atoms with Crippen LogP contribution in [-0.4, -0.2) is 52.4 Å². The van der Waals surface area contributed by atoms with Crippen molar-refractivity contribution < 1.29 is 38.1 Å². The lowest BCUT2D eigenvalue weighted by molar-refractivity contribution is -0.119. The Morgan fingerprint density at radius 3 is 2.06 bits per heavy atom. The number of aryl methyl sites for hydroxylation is 1. The zero-order valence-electron chi connectivity index (χ0n) is 18.0. The second-order valence-corrected chi connectivity index (χ2v) is 7.20. The summed E-state index contributed by atoms with van der Waals surface area (Å²) >= 11 is 1.27. The Labute approximate surface area is 184 Å². The van der Waals surface area contributed by atoms with Crippen molar-refractivity contribution in [2.75, 3.05) is 39.9 Å². The van der Waals surface area contributed by atoms with Crippen LogP contribution in [0.1, 0.15) is 39.4 Å². The molecular weight excluding hydrogens is 426 g/mol. The van der Waals surface area contributed by atoms with Crippen LogP contribution in [0.25, 0.3) is 0 Å². The summed E-state index contributed by atoms with van der Waals surface area (Å²) in [5.41, 5.74) is 0.395. The molecule has 31 heavy (non-hydrogen) atoms. The van der Waals surface area contributed by atoms with Gasteiger partial charge in [-0.2, -0.15) is 0 Å². The minimum absolute atomic E-state index is 0.124. The zero-order chi connectivity index (χ0) is 23.0. The number of benzene rings is 1. The van der Waals surface area contributed by atoms with Gasteiger partial charge in [-0.25, -0.2) is 9.59 Å². The number of amides is 1. The third-order valence-electron chi connectivity index (χ3n) is 4.11. The Bertz CT molecular complexity index is 928. The van der Waals surface area contributed by atoms with Crippen LogP contribution in [0.4, 0.5) is 5.00 Å². The molecule has 0 atom stereocenters. The summed E-state index contributed by atoms with van der Waals surface area (Å²) in [5.74, 6) is -0.972. The molecule has 1 N–H and O–H groups in total. The van der Waals surface area contributed by atoms with E-state index in [0.717, 1.165) is 4.88 Å². The van der Waals surface area contributed by atoms with Crippen molar-refractivity contribution in [2.45, 2.75) is 20.3 Å². The maximum atomic E-state index is 12.4. The molecule has 0 radical (unpaired) electrons. The Balaban J connectivity index is 2.09. The average Bonchev–Trinajstić information content (AvgIpc) is 3.19. The van der Waals surface area contributed by atoms with Crippen LogP contribution in [-0.2, 0) is 20.7 Å². The van der Waals surface area contributed by atoms with E-state index in [1.807, 2.05) is 6.92 Å². The van der Waals surface area contributed by atoms with Gasteiger partial charge in [0.15, 0.2) is 18.1 Å². The maximum Gasteiger partial charge on any atom is 0.341 e. The summed E-state index contributed by atoms with van der Waals surface area (Å²) in [7, 11) is 4.29. The molecule has 0 fully saturated rings. The van der Waals surface area contributed by atoms with Crippen molar-refractivity contribution in [1.82, 2.24) is 0 Å². The number of carbonyl (C=O) groups is 3. The van der Waals surface area contributed by atoms with E-state index in [9.17, 15) is 14.4 Å². The molecule has 9 nitrogen and oxygen atoms in total. The second kappa shape index (κ2) is 11.2. The monoisotopic (exact) mass is 451 g/mol. The van der Waals surface area contributed by atoms with E-state index in [0.29, 0.717) is 17.2 Å². The van der Waals surface area contributed by atoms with E-state index < -0.39 is 24.5 Å². The molecule has 2 aromatic rings. The first-order chi connectivity index (χ1) is 14.9. The van der Waals surface area contributed by atoms with Gasteiger partial charge in [0, 0.05) is 4.88 Å². The van der Waals surface area contributed by atoms with Gasteiger partial charge in [0.25, 0.3) is 5.91 Å². The number of carbonyl (C=O) groups excluding carboxylic acids is 3. The molecule has 0 bridgehead atoms. The molecule has 1 amide bonds. The predicted octanol–water partition coefficient (Wildman–Crippen LogP) is 3.31. The first-order valence-corrected chi connectivity index (χ1v) is 10.3. The summed E-state index contributed by atoms with van der Waals surface area (Å²) in [6, 6.07) is 4.53. The predicted molar refractivity (Wildman–Crippen MR) is 115 cm³/mol. The molecule has 168 valence electrons. The smallest absolute Gasteiger partial charge is 0.341 e. The third-order valence-corrected chi connectivity index (χ3v) is 5.31. The van der Waals surface area contributed by atoms with Gasteiger partial charge >= 0.3 is 11.9 Å². The summed E-state index contributed by atoms with van der Waals surface area (Å²) in [6.45, 7) is 3.31. The van der Waals surface area contributed by atoms with Crippen LogP contribution in [0.2, 0.25) is 0 Å². The lowest BCUT2D eigenvalue weighted by Gasteiger charge is -2.13. The van der Waals surface area contributed by atoms with E-state index in [2.05, 4.69) is 5.32 Å². The highest BCUT2D eigenvalue weighted by Crippen LogP contribution is 2.38. The van der Waals surface area contributed by atoms with Gasteiger partial charge < -0.3 is 29.0 Å². The van der Waals surface area contributed by atoms with Crippen molar-refractivity contribution in [1.29, 1.82) is 0 Å². The van der Waals surface area contributed by atoms with Gasteiger partial charge in [0.1, 0.15) is 5.00 Å². The highest BCUT2D eigenvalue weighted by atomic mass is 32.1. The molecule has 0 aliphatic carbocycles. The number of methoxy groups -OCH3 is 3. The molecule has 0 aliphatic rings. The number of ether oxygens (including phenoxy) is 5. The normalized spacial score (nSPS) is 10.2. The fourth-order valence-corrected chi connectivity index (χ4v) is 3.65. The molecule has 0 unspecified atom stereocenters. The summed E-state index contributed by atoms with van der Waals surface area (Å²) in [5, 5.41) is 2.96. The number of thiophene rings is 1. The van der Waals surface area contributed by atoms with E-state index in [4.69, 9.17) is 23.7 Å². The maximum absolute atomic E-state index is 12.4. The van der Waals surface area contributed by atoms with Crippen molar-refractivity contribution >= 4 is 34.2 Å². The molecule has 1 aromatic carbocycles. The zero-order valence-corrected chi connectivity index (χ0v) is 18.8. The number of nitrogens with one attached hydrogen (secondary N) is 1. The Morgan fingerprint density at radius 1 is 0.903 bits per heavy atom. The van der Waals surface area contributed by atoms with Crippen molar-refractivity contribution in [2.24, 2.45) is 0 Å². The minimum atomic E-state index is -0.750. The number of anilines is 1. The minimum Gasteiger partial charge on any atom is -0.493 e. The standard InChI is InChI=1S/C21H25NO8S/c1-6-13-10-14(21(25)29-7-2)19(31-13)22-17(23)11-30-20(24)12-8-15(26-3)18(28-5)16(9-12)27-4/h8-10H,6-7,11H2,1-5H3,(H,22,23). The first-order valence-electron chi connectivity index (χ1n) is 9.45. The van der Waals surface area contributed by atoms with Crippen LogP contribution in [0.3, 0.4) is 0 Å². The molecule has 0 saturated carbocycles. The van der Waals surface area contributed by atoms with Crippen LogP contribution < -0.4 is 19.5 Å². The van der Waals surface area contributed by atoms with Gasteiger partial charge in [-0.3, -0.25) is 4.79 Å². The summed E-state index contributed by atoms with van der Waals surface area (Å²) in [6.07, 6.45) is 0.697. The second-order valence-electron chi connectivity index (χ2n) is 6.07. The van der Waals surface area contributed by atoms with Crippen molar-refractivity contribution in [3.63, 3.8) is 0 Å². The van der Waals surface area contributed by atoms with E-state index in [1.165, 1.54) is 44.8 Å². The fourth-order valence-electron chi connectivity index (χ4n) is 2.65. The largest absolute Gasteiger partial charge is 0.493 e. The van der Waals surface area contributed by atoms with Gasteiger partial charge in [0.05, 0.1) is 39.1 Å². The molecule has 0 aliphatic heterocycles. The van der Waals surface area contributed by atoms with Gasteiger partial charge in [-0.1, -0.05) is 6.92 Å². The molecule has 1 aromatic heterocycles. The van der Waals surface area contributed by atoms with Gasteiger partial charge in [0.2, 0.25) is 5.75 Å². The number of hydrogen-bond acceptors (Lipinski definition) is 9. The lowest BCUT2D eigenvalue weighted by Crippen LogP contribution is -2.21. The Morgan fingerprint density at radius 2 is 1.55 bits per heavy atom. The third kappa shape index (κ3) is 5.88. The molecule has 2 rings (SSSR count). The first kappa shape index (κ1) is 24.0. The fraction of sp³-hybridized carbons (Fsp3) is 0.381. The topological polar surface area (TPSA) is 109 Å². The molecule has 0 saturated heterocycles. The number of hydrogen-bond donors (Lipinski definition) is 1. The van der Waals surface area contributed by atoms with Gasteiger partial charge in [-0.15, -0.1) is 11.3 Å². The highest BCUT2D eigenvalue weighted by Gasteiger charge is 2.21. The highest BCUT2D eigenvalue weighted by molar-refractivity contribution is 7.16. The van der Waals surface area contributed by atoms with Crippen LogP contribution in [0.5, 0.6) is 17.2 Å². The summed E-state index contributed by atoms with van der Waals surface area (Å²) in [4.78, 5) is 37.8. The van der Waals surface area contributed by atoms with E-state index in [-0.39, 0.29) is 29.2 Å². The van der Waals surface area contributed by atoms with Crippen LogP contribution in [0, 0.1) is 0 Å². The quantitative estimate of drug-likeness (QED) is 0.548. The molecule has 0 spiro atoms. The lowest BCUT2D eigenvalue weighted by atomic mass is 10.2. The number of esters is 2. The van der Waals surface area contributed by atoms with Crippen LogP contribution in [0.15, 0.2) is 18.2 Å². The van der Waals surface area contributed by atoms with E-state index in [1.54, 1.807) is 13.0 Å². The van der Waals surface area contributed by atoms with Gasteiger partial charge in [-0.05, 0) is 31.5 Å². The Hall–Kier alpha value is -3.27. The van der Waals surface area contributed by atoms with Crippen molar-refractivity contribution in [3.05, 3.63) is 34.2 Å². The average molecular weight is 451 g/mol. The van der Waals surface area contributed by atoms with E-state index >= 15 is 0 Å². The molecule has 1 heterocycles. The number of rotatable bonds is 10. The molecule has 10 heteroatoms. The van der Waals surface area contributed by atoms with Crippen molar-refractivity contribution in [3.8, 4) is 17.2 Å². The SMILES string of the molecule is CCOC(=O)c1cc(CC)sc1NC(=O)COC(=O)c1cc(OC)c(OC)c(OC)c1.